The molecule has 0 N–H and O–H groups in total. The molecule has 128 valence electrons. The third-order valence-electron chi connectivity index (χ3n) is 3.52. The molecule has 1 atom stereocenters. The Bertz CT molecular complexity index is 655. The van der Waals surface area contributed by atoms with Gasteiger partial charge >= 0.3 is 5.97 Å². The topological polar surface area (TPSA) is 46.6 Å². The van der Waals surface area contributed by atoms with Crippen molar-refractivity contribution in [3.8, 4) is 0 Å². The van der Waals surface area contributed by atoms with Gasteiger partial charge in [-0.05, 0) is 24.0 Å². The van der Waals surface area contributed by atoms with Gasteiger partial charge in [-0.1, -0.05) is 75.1 Å². The van der Waals surface area contributed by atoms with E-state index in [1.165, 1.54) is 16.7 Å². The van der Waals surface area contributed by atoms with E-state index in [-0.39, 0.29) is 11.8 Å². The summed E-state index contributed by atoms with van der Waals surface area (Å²) in [5.74, 6) is -0.724. The van der Waals surface area contributed by atoms with Gasteiger partial charge in [0.2, 0.25) is 0 Å². The molecule has 2 rings (SSSR count). The summed E-state index contributed by atoms with van der Waals surface area (Å²) in [6, 6.07) is 8.88. The number of benzene rings is 1. The van der Waals surface area contributed by atoms with Gasteiger partial charge in [-0.25, -0.2) is 4.79 Å². The van der Waals surface area contributed by atoms with Crippen LogP contribution < -0.4 is 0 Å². The summed E-state index contributed by atoms with van der Waals surface area (Å²) in [7, 11) is 0. The summed E-state index contributed by atoms with van der Waals surface area (Å²) in [6.45, 7) is 6.05. The number of rotatable bonds is 6. The fraction of sp³-hybridized carbons (Fsp3) is 0.389. The Morgan fingerprint density at radius 2 is 2.00 bits per heavy atom. The maximum Gasteiger partial charge on any atom is 0.329 e. The number of carbonyl (C=O) groups is 2. The lowest BCUT2D eigenvalue weighted by Gasteiger charge is -2.28. The zero-order chi connectivity index (χ0) is 17.7. The first-order valence-corrected chi connectivity index (χ1v) is 9.17. The minimum Gasteiger partial charge on any atom is -0.464 e. The predicted molar refractivity (Wildman–Crippen MR) is 101 cm³/mol. The molecule has 0 aromatic heterocycles. The number of thiocarbonyl (C=S) groups is 1. The normalized spacial score (nSPS) is 17.7. The van der Waals surface area contributed by atoms with Gasteiger partial charge in [-0.2, -0.15) is 0 Å². The summed E-state index contributed by atoms with van der Waals surface area (Å²) in [5, 5.41) is 0. The van der Waals surface area contributed by atoms with Crippen molar-refractivity contribution in [1.82, 2.24) is 4.90 Å². The zero-order valence-corrected chi connectivity index (χ0v) is 15.7. The van der Waals surface area contributed by atoms with Gasteiger partial charge in [0.05, 0.1) is 11.5 Å². The molecule has 1 amide bonds. The first-order chi connectivity index (χ1) is 11.5. The van der Waals surface area contributed by atoms with Crippen molar-refractivity contribution in [2.75, 3.05) is 6.61 Å². The molecule has 1 aliphatic heterocycles. The molecule has 1 saturated heterocycles. The van der Waals surface area contributed by atoms with Gasteiger partial charge in [-0.15, -0.1) is 0 Å². The molecule has 24 heavy (non-hydrogen) atoms. The summed E-state index contributed by atoms with van der Waals surface area (Å²) < 4.78 is 5.65. The number of esters is 1. The standard InChI is InChI=1S/C18H21NO3S2/c1-4-10-22-17(21)15(12(2)3)19-16(20)14(24-18(19)23)11-13-8-6-5-7-9-13/h5-9,11-12,15H,4,10H2,1-3H3/b14-11+/t15-/m0/s1. The van der Waals surface area contributed by atoms with Crippen molar-refractivity contribution in [2.24, 2.45) is 5.92 Å². The van der Waals surface area contributed by atoms with Gasteiger partial charge in [0.15, 0.2) is 0 Å². The van der Waals surface area contributed by atoms with Crippen LogP contribution in [-0.4, -0.2) is 33.7 Å². The Kier molecular flexibility index (Phi) is 6.57. The third-order valence-corrected chi connectivity index (χ3v) is 4.85. The van der Waals surface area contributed by atoms with Crippen LogP contribution in [0.5, 0.6) is 0 Å². The zero-order valence-electron chi connectivity index (χ0n) is 14.0. The second-order valence-electron chi connectivity index (χ2n) is 5.82. The number of thioether (sulfide) groups is 1. The summed E-state index contributed by atoms with van der Waals surface area (Å²) in [5.41, 5.74) is 0.924. The summed E-state index contributed by atoms with van der Waals surface area (Å²) in [4.78, 5) is 27.1. The van der Waals surface area contributed by atoms with Crippen molar-refractivity contribution in [3.63, 3.8) is 0 Å². The van der Waals surface area contributed by atoms with Crippen LogP contribution in [0.25, 0.3) is 6.08 Å². The molecule has 0 radical (unpaired) electrons. The molecule has 1 aromatic carbocycles. The van der Waals surface area contributed by atoms with Crippen LogP contribution in [0, 0.1) is 5.92 Å². The highest BCUT2D eigenvalue weighted by Gasteiger charge is 2.42. The summed E-state index contributed by atoms with van der Waals surface area (Å²) in [6.07, 6.45) is 2.54. The number of hydrogen-bond acceptors (Lipinski definition) is 5. The minimum atomic E-state index is -0.689. The predicted octanol–water partition coefficient (Wildman–Crippen LogP) is 3.87. The van der Waals surface area contributed by atoms with E-state index in [1.54, 1.807) is 6.08 Å². The number of carbonyl (C=O) groups excluding carboxylic acids is 2. The van der Waals surface area contributed by atoms with E-state index in [2.05, 4.69) is 0 Å². The van der Waals surface area contributed by atoms with E-state index in [1.807, 2.05) is 51.1 Å². The van der Waals surface area contributed by atoms with E-state index in [4.69, 9.17) is 17.0 Å². The number of ether oxygens (including phenoxy) is 1. The van der Waals surface area contributed by atoms with Crippen molar-refractivity contribution >= 4 is 46.3 Å². The van der Waals surface area contributed by atoms with Gasteiger partial charge in [0.1, 0.15) is 10.4 Å². The van der Waals surface area contributed by atoms with Crippen molar-refractivity contribution in [1.29, 1.82) is 0 Å². The molecule has 6 heteroatoms. The van der Waals surface area contributed by atoms with Crippen LogP contribution in [0.3, 0.4) is 0 Å². The lowest BCUT2D eigenvalue weighted by molar-refractivity contribution is -0.152. The van der Waals surface area contributed by atoms with E-state index in [0.717, 1.165) is 12.0 Å². The van der Waals surface area contributed by atoms with E-state index in [9.17, 15) is 9.59 Å². The molecular weight excluding hydrogens is 342 g/mol. The van der Waals surface area contributed by atoms with Crippen LogP contribution in [0.2, 0.25) is 0 Å². The van der Waals surface area contributed by atoms with E-state index >= 15 is 0 Å². The van der Waals surface area contributed by atoms with Gasteiger partial charge in [0, 0.05) is 0 Å². The molecule has 1 aromatic rings. The monoisotopic (exact) mass is 363 g/mol. The molecule has 0 unspecified atom stereocenters. The van der Waals surface area contributed by atoms with E-state index < -0.39 is 12.0 Å². The smallest absolute Gasteiger partial charge is 0.329 e. The number of amides is 1. The molecule has 0 spiro atoms. The maximum absolute atomic E-state index is 12.8. The molecule has 0 bridgehead atoms. The molecule has 0 saturated carbocycles. The van der Waals surface area contributed by atoms with Crippen LogP contribution >= 0.6 is 24.0 Å². The molecule has 1 fully saturated rings. The molecule has 1 heterocycles. The number of nitrogens with zero attached hydrogens (tertiary/aromatic N) is 1. The average molecular weight is 364 g/mol. The first-order valence-electron chi connectivity index (χ1n) is 7.94. The Morgan fingerprint density at radius 1 is 1.33 bits per heavy atom. The van der Waals surface area contributed by atoms with Crippen molar-refractivity contribution < 1.29 is 14.3 Å². The fourth-order valence-corrected chi connectivity index (χ4v) is 3.71. The minimum absolute atomic E-state index is 0.0899. The fourth-order valence-electron chi connectivity index (χ4n) is 2.38. The highest BCUT2D eigenvalue weighted by molar-refractivity contribution is 8.26. The Balaban J connectivity index is 2.26. The van der Waals surface area contributed by atoms with Crippen LogP contribution in [-0.2, 0) is 14.3 Å². The number of hydrogen-bond donors (Lipinski definition) is 0. The van der Waals surface area contributed by atoms with Crippen molar-refractivity contribution in [3.05, 3.63) is 40.8 Å². The quantitative estimate of drug-likeness (QED) is 0.436. The SMILES string of the molecule is CCCOC(=O)[C@H](C(C)C)N1C(=O)/C(=C\c2ccccc2)SC1=S. The molecule has 4 nitrogen and oxygen atoms in total. The highest BCUT2D eigenvalue weighted by atomic mass is 32.2. The van der Waals surface area contributed by atoms with Crippen molar-refractivity contribution in [2.45, 2.75) is 33.2 Å². The maximum atomic E-state index is 12.8. The average Bonchev–Trinajstić information content (AvgIpc) is 2.81. The first kappa shape index (κ1) is 18.7. The Morgan fingerprint density at radius 3 is 2.58 bits per heavy atom. The van der Waals surface area contributed by atoms with E-state index in [0.29, 0.717) is 15.8 Å². The Labute approximate surface area is 152 Å². The van der Waals surface area contributed by atoms with Crippen LogP contribution in [0.15, 0.2) is 35.2 Å². The second-order valence-corrected chi connectivity index (χ2v) is 7.49. The lowest BCUT2D eigenvalue weighted by atomic mass is 10.0. The Hall–Kier alpha value is -1.66. The molecule has 1 aliphatic rings. The van der Waals surface area contributed by atoms with Crippen LogP contribution in [0.4, 0.5) is 0 Å². The van der Waals surface area contributed by atoms with Gasteiger partial charge in [0.25, 0.3) is 5.91 Å². The second kappa shape index (κ2) is 8.44. The highest BCUT2D eigenvalue weighted by Crippen LogP contribution is 2.35. The van der Waals surface area contributed by atoms with Gasteiger partial charge < -0.3 is 4.74 Å². The largest absolute Gasteiger partial charge is 0.464 e. The lowest BCUT2D eigenvalue weighted by Crippen LogP contribution is -2.47. The third kappa shape index (κ3) is 4.24. The molecular formula is C18H21NO3S2. The van der Waals surface area contributed by atoms with Gasteiger partial charge in [-0.3, -0.25) is 9.69 Å². The van der Waals surface area contributed by atoms with Crippen LogP contribution in [0.1, 0.15) is 32.8 Å². The summed E-state index contributed by atoms with van der Waals surface area (Å²) >= 11 is 6.58. The molecule has 0 aliphatic carbocycles.